The van der Waals surface area contributed by atoms with E-state index >= 15 is 0 Å². The standard InChI is InChI=1S/C16H19N3O5/c1-23-12-5-6-13(14(8-12)24-2)19-10-11(9-17)16(22)18-7-3-4-15(20)21/h5-6,8,10,19H,3-4,7H2,1-2H3,(H,18,22)(H,20,21)/b11-10-. The molecule has 0 heterocycles. The van der Waals surface area contributed by atoms with Crippen molar-refractivity contribution in [1.29, 1.82) is 5.26 Å². The van der Waals surface area contributed by atoms with Crippen molar-refractivity contribution in [1.82, 2.24) is 5.32 Å². The maximum absolute atomic E-state index is 11.9. The molecule has 0 spiro atoms. The lowest BCUT2D eigenvalue weighted by Crippen LogP contribution is -2.26. The first-order chi connectivity index (χ1) is 11.5. The van der Waals surface area contributed by atoms with E-state index < -0.39 is 11.9 Å². The number of carbonyl (C=O) groups excluding carboxylic acids is 1. The zero-order valence-corrected chi connectivity index (χ0v) is 13.5. The van der Waals surface area contributed by atoms with Gasteiger partial charge in [-0.25, -0.2) is 0 Å². The quantitative estimate of drug-likeness (QED) is 0.356. The first kappa shape index (κ1) is 18.8. The summed E-state index contributed by atoms with van der Waals surface area (Å²) in [6.45, 7) is 0.177. The molecule has 1 aromatic carbocycles. The number of nitrogens with zero attached hydrogens (tertiary/aromatic N) is 1. The number of carboxylic acid groups (broad SMARTS) is 1. The average Bonchev–Trinajstić information content (AvgIpc) is 2.59. The summed E-state index contributed by atoms with van der Waals surface area (Å²) in [5.41, 5.74) is 0.424. The summed E-state index contributed by atoms with van der Waals surface area (Å²) in [6.07, 6.45) is 1.50. The molecule has 0 aliphatic heterocycles. The molecule has 8 heteroatoms. The van der Waals surface area contributed by atoms with Crippen LogP contribution in [0.4, 0.5) is 5.69 Å². The van der Waals surface area contributed by atoms with Gasteiger partial charge in [-0.05, 0) is 18.6 Å². The fourth-order valence-corrected chi connectivity index (χ4v) is 1.75. The van der Waals surface area contributed by atoms with Gasteiger partial charge in [0.25, 0.3) is 5.91 Å². The molecule has 1 rings (SSSR count). The zero-order valence-electron chi connectivity index (χ0n) is 13.5. The summed E-state index contributed by atoms with van der Waals surface area (Å²) in [5, 5.41) is 22.9. The van der Waals surface area contributed by atoms with E-state index in [2.05, 4.69) is 10.6 Å². The van der Waals surface area contributed by atoms with Crippen LogP contribution in [-0.2, 0) is 9.59 Å². The molecule has 1 amide bonds. The summed E-state index contributed by atoms with van der Waals surface area (Å²) in [6, 6.07) is 6.84. The van der Waals surface area contributed by atoms with Crippen molar-refractivity contribution in [2.24, 2.45) is 0 Å². The second-order valence-corrected chi connectivity index (χ2v) is 4.63. The van der Waals surface area contributed by atoms with Gasteiger partial charge in [0.2, 0.25) is 0 Å². The van der Waals surface area contributed by atoms with E-state index in [1.54, 1.807) is 24.3 Å². The molecule has 0 saturated heterocycles. The third-order valence-corrected chi connectivity index (χ3v) is 3.00. The summed E-state index contributed by atoms with van der Waals surface area (Å²) >= 11 is 0. The Kier molecular flexibility index (Phi) is 7.64. The second-order valence-electron chi connectivity index (χ2n) is 4.63. The SMILES string of the molecule is COc1ccc(N/C=C(/C#N)C(=O)NCCCC(=O)O)c(OC)c1. The number of methoxy groups -OCH3 is 2. The Morgan fingerprint density at radius 1 is 1.33 bits per heavy atom. The number of carboxylic acids is 1. The minimum atomic E-state index is -0.937. The number of nitrogens with one attached hydrogen (secondary N) is 2. The van der Waals surface area contributed by atoms with Crippen molar-refractivity contribution in [2.45, 2.75) is 12.8 Å². The van der Waals surface area contributed by atoms with E-state index in [0.717, 1.165) is 0 Å². The highest BCUT2D eigenvalue weighted by Crippen LogP contribution is 2.29. The Morgan fingerprint density at radius 2 is 2.08 bits per heavy atom. The maximum atomic E-state index is 11.9. The monoisotopic (exact) mass is 333 g/mol. The number of ether oxygens (including phenoxy) is 2. The van der Waals surface area contributed by atoms with E-state index in [9.17, 15) is 9.59 Å². The summed E-state index contributed by atoms with van der Waals surface area (Å²) in [5.74, 6) is -0.417. The number of hydrogen-bond acceptors (Lipinski definition) is 6. The molecule has 8 nitrogen and oxygen atoms in total. The lowest BCUT2D eigenvalue weighted by atomic mass is 10.2. The highest BCUT2D eigenvalue weighted by molar-refractivity contribution is 5.97. The number of nitriles is 1. The van der Waals surface area contributed by atoms with Crippen molar-refractivity contribution in [2.75, 3.05) is 26.1 Å². The van der Waals surface area contributed by atoms with Crippen molar-refractivity contribution in [3.63, 3.8) is 0 Å². The van der Waals surface area contributed by atoms with Gasteiger partial charge in [0.1, 0.15) is 23.1 Å². The molecule has 0 aromatic heterocycles. The predicted molar refractivity (Wildman–Crippen MR) is 86.7 cm³/mol. The van der Waals surface area contributed by atoms with Crippen LogP contribution in [0.1, 0.15) is 12.8 Å². The molecule has 1 aromatic rings. The molecule has 0 saturated carbocycles. The zero-order chi connectivity index (χ0) is 17.9. The molecule has 0 unspecified atom stereocenters. The van der Waals surface area contributed by atoms with Crippen LogP contribution in [0.25, 0.3) is 0 Å². The highest BCUT2D eigenvalue weighted by Gasteiger charge is 2.10. The van der Waals surface area contributed by atoms with Crippen LogP contribution in [-0.4, -0.2) is 37.7 Å². The molecule has 24 heavy (non-hydrogen) atoms. The van der Waals surface area contributed by atoms with Crippen molar-refractivity contribution in [3.05, 3.63) is 30.0 Å². The van der Waals surface area contributed by atoms with E-state index in [1.165, 1.54) is 20.4 Å². The molecule has 0 radical (unpaired) electrons. The van der Waals surface area contributed by atoms with Crippen LogP contribution in [0.3, 0.4) is 0 Å². The fraction of sp³-hybridized carbons (Fsp3) is 0.312. The lowest BCUT2D eigenvalue weighted by Gasteiger charge is -2.10. The number of rotatable bonds is 9. The molecular weight excluding hydrogens is 314 g/mol. The van der Waals surface area contributed by atoms with Crippen LogP contribution in [0, 0.1) is 11.3 Å². The Bertz CT molecular complexity index is 664. The molecule has 0 aliphatic rings. The number of amides is 1. The molecule has 3 N–H and O–H groups in total. The summed E-state index contributed by atoms with van der Waals surface area (Å²) < 4.78 is 10.3. The van der Waals surface area contributed by atoms with Gasteiger partial charge in [0.05, 0.1) is 19.9 Å². The van der Waals surface area contributed by atoms with Gasteiger partial charge in [-0.3, -0.25) is 9.59 Å². The van der Waals surface area contributed by atoms with Gasteiger partial charge in [-0.1, -0.05) is 0 Å². The molecule has 0 bridgehead atoms. The Morgan fingerprint density at radius 3 is 2.67 bits per heavy atom. The van der Waals surface area contributed by atoms with Crippen molar-refractivity contribution >= 4 is 17.6 Å². The smallest absolute Gasteiger partial charge is 0.303 e. The fourth-order valence-electron chi connectivity index (χ4n) is 1.75. The number of carbonyl (C=O) groups is 2. The number of anilines is 1. The third-order valence-electron chi connectivity index (χ3n) is 3.00. The first-order valence-corrected chi connectivity index (χ1v) is 7.10. The minimum absolute atomic E-state index is 0.0484. The highest BCUT2D eigenvalue weighted by atomic mass is 16.5. The van der Waals surface area contributed by atoms with Crippen LogP contribution in [0.2, 0.25) is 0 Å². The van der Waals surface area contributed by atoms with Crippen molar-refractivity contribution in [3.8, 4) is 17.6 Å². The van der Waals surface area contributed by atoms with Gasteiger partial charge in [-0.15, -0.1) is 0 Å². The van der Waals surface area contributed by atoms with Gasteiger partial charge in [0, 0.05) is 25.2 Å². The normalized spacial score (nSPS) is 10.5. The number of hydrogen-bond donors (Lipinski definition) is 3. The van der Waals surface area contributed by atoms with Gasteiger partial charge < -0.3 is 25.2 Å². The minimum Gasteiger partial charge on any atom is -0.497 e. The van der Waals surface area contributed by atoms with Crippen LogP contribution >= 0.6 is 0 Å². The lowest BCUT2D eigenvalue weighted by molar-refractivity contribution is -0.137. The number of aliphatic carboxylic acids is 1. The molecule has 0 atom stereocenters. The van der Waals surface area contributed by atoms with Crippen LogP contribution < -0.4 is 20.1 Å². The van der Waals surface area contributed by atoms with Crippen molar-refractivity contribution < 1.29 is 24.2 Å². The van der Waals surface area contributed by atoms with Crippen LogP contribution in [0.15, 0.2) is 30.0 Å². The van der Waals surface area contributed by atoms with Crippen LogP contribution in [0.5, 0.6) is 11.5 Å². The van der Waals surface area contributed by atoms with E-state index in [-0.39, 0.29) is 18.5 Å². The average molecular weight is 333 g/mol. The van der Waals surface area contributed by atoms with Gasteiger partial charge >= 0.3 is 5.97 Å². The summed E-state index contributed by atoms with van der Waals surface area (Å²) in [7, 11) is 3.02. The Hall–Kier alpha value is -3.21. The molecule has 0 fully saturated rings. The molecular formula is C16H19N3O5. The third kappa shape index (κ3) is 5.88. The number of benzene rings is 1. The predicted octanol–water partition coefficient (Wildman–Crippen LogP) is 1.50. The molecule has 0 aliphatic carbocycles. The topological polar surface area (TPSA) is 121 Å². The first-order valence-electron chi connectivity index (χ1n) is 7.10. The Balaban J connectivity index is 2.70. The van der Waals surface area contributed by atoms with E-state index in [1.807, 2.05) is 0 Å². The van der Waals surface area contributed by atoms with Gasteiger partial charge in [-0.2, -0.15) is 5.26 Å². The Labute approximate surface area is 139 Å². The molecule has 128 valence electrons. The maximum Gasteiger partial charge on any atom is 0.303 e. The summed E-state index contributed by atoms with van der Waals surface area (Å²) in [4.78, 5) is 22.2. The largest absolute Gasteiger partial charge is 0.497 e. The second kappa shape index (κ2) is 9.74. The van der Waals surface area contributed by atoms with E-state index in [0.29, 0.717) is 23.6 Å². The van der Waals surface area contributed by atoms with Gasteiger partial charge in [0.15, 0.2) is 0 Å². The van der Waals surface area contributed by atoms with E-state index in [4.69, 9.17) is 19.8 Å².